The molecule has 0 saturated heterocycles. The number of hydrogen-bond donors (Lipinski definition) is 4. The predicted octanol–water partition coefficient (Wildman–Crippen LogP) is 0.559. The summed E-state index contributed by atoms with van der Waals surface area (Å²) in [5.74, 6) is -1.26. The van der Waals surface area contributed by atoms with Crippen molar-refractivity contribution in [1.82, 2.24) is 10.6 Å². The van der Waals surface area contributed by atoms with Crippen LogP contribution in [0.25, 0.3) is 0 Å². The van der Waals surface area contributed by atoms with Gasteiger partial charge in [0.1, 0.15) is 6.10 Å². The van der Waals surface area contributed by atoms with Gasteiger partial charge in [0.25, 0.3) is 0 Å². The highest BCUT2D eigenvalue weighted by atomic mass is 16.5. The van der Waals surface area contributed by atoms with Gasteiger partial charge in [0.05, 0.1) is 38.4 Å². The number of aliphatic hydroxyl groups excluding tert-OH is 2. The minimum absolute atomic E-state index is 0.0149. The molecule has 0 fully saturated rings. The number of ether oxygens (including phenoxy) is 2. The molecule has 8 nitrogen and oxygen atoms in total. The molecular weight excluding hydrogens is 376 g/mol. The number of nitrogens with one attached hydrogen (secondary N) is 2. The summed E-state index contributed by atoms with van der Waals surface area (Å²) in [6.07, 6.45) is 0.947. The van der Waals surface area contributed by atoms with Gasteiger partial charge in [0.2, 0.25) is 11.8 Å². The number of allylic oxidation sites excluding steroid dienone is 1. The SMILES string of the molecule is C=CCC(CC(=O)NCCOCCO)C(=O)NC(COC)C(O)c1ccccc1. The van der Waals surface area contributed by atoms with Gasteiger partial charge in [0.15, 0.2) is 0 Å². The Balaban J connectivity index is 2.65. The Morgan fingerprint density at radius 1 is 1.24 bits per heavy atom. The lowest BCUT2D eigenvalue weighted by molar-refractivity contribution is -0.131. The normalized spacial score (nSPS) is 13.9. The predicted molar refractivity (Wildman–Crippen MR) is 109 cm³/mol. The Morgan fingerprint density at radius 2 is 1.97 bits per heavy atom. The van der Waals surface area contributed by atoms with E-state index in [4.69, 9.17) is 14.6 Å². The van der Waals surface area contributed by atoms with Crippen LogP contribution in [0.5, 0.6) is 0 Å². The van der Waals surface area contributed by atoms with Crippen LogP contribution in [0.2, 0.25) is 0 Å². The number of carbonyl (C=O) groups excluding carboxylic acids is 2. The zero-order chi connectivity index (χ0) is 21.5. The van der Waals surface area contributed by atoms with Crippen LogP contribution in [-0.4, -0.2) is 68.2 Å². The maximum absolute atomic E-state index is 12.7. The van der Waals surface area contributed by atoms with Crippen LogP contribution in [0.4, 0.5) is 0 Å². The first-order chi connectivity index (χ1) is 14.0. The highest BCUT2D eigenvalue weighted by Crippen LogP contribution is 2.18. The van der Waals surface area contributed by atoms with Crippen molar-refractivity contribution >= 4 is 11.8 Å². The molecular formula is C21H32N2O6. The first-order valence-corrected chi connectivity index (χ1v) is 9.62. The van der Waals surface area contributed by atoms with Crippen molar-refractivity contribution < 1.29 is 29.3 Å². The molecule has 3 atom stereocenters. The fourth-order valence-corrected chi connectivity index (χ4v) is 2.78. The lowest BCUT2D eigenvalue weighted by Crippen LogP contribution is -2.45. The second-order valence-corrected chi connectivity index (χ2v) is 6.54. The second kappa shape index (κ2) is 14.7. The Morgan fingerprint density at radius 3 is 2.59 bits per heavy atom. The van der Waals surface area contributed by atoms with E-state index in [-0.39, 0.29) is 44.7 Å². The average molecular weight is 408 g/mol. The van der Waals surface area contributed by atoms with Crippen molar-refractivity contribution in [3.63, 3.8) is 0 Å². The van der Waals surface area contributed by atoms with Gasteiger partial charge in [-0.3, -0.25) is 9.59 Å². The van der Waals surface area contributed by atoms with E-state index in [1.54, 1.807) is 30.3 Å². The standard InChI is InChI=1S/C21H32N2O6/c1-3-7-17(14-19(25)22-10-12-29-13-11-24)21(27)23-18(15-28-2)20(26)16-8-5-4-6-9-16/h3-6,8-9,17-18,20,24,26H,1,7,10-15H2,2H3,(H,22,25)(H,23,27). The van der Waals surface area contributed by atoms with E-state index in [9.17, 15) is 14.7 Å². The van der Waals surface area contributed by atoms with Gasteiger partial charge >= 0.3 is 0 Å². The minimum Gasteiger partial charge on any atom is -0.394 e. The molecule has 0 spiro atoms. The zero-order valence-corrected chi connectivity index (χ0v) is 16.9. The Kier molecular flexibility index (Phi) is 12.6. The van der Waals surface area contributed by atoms with E-state index in [1.807, 2.05) is 6.07 Å². The van der Waals surface area contributed by atoms with E-state index >= 15 is 0 Å². The molecule has 0 aliphatic carbocycles. The summed E-state index contributed by atoms with van der Waals surface area (Å²) < 4.78 is 10.2. The van der Waals surface area contributed by atoms with Crippen LogP contribution < -0.4 is 10.6 Å². The number of hydrogen-bond acceptors (Lipinski definition) is 6. The molecule has 0 heterocycles. The minimum atomic E-state index is -0.943. The third kappa shape index (κ3) is 9.67. The summed E-state index contributed by atoms with van der Waals surface area (Å²) in [6, 6.07) is 8.34. The van der Waals surface area contributed by atoms with Gasteiger partial charge < -0.3 is 30.3 Å². The largest absolute Gasteiger partial charge is 0.394 e. The molecule has 3 unspecified atom stereocenters. The van der Waals surface area contributed by atoms with Gasteiger partial charge in [0, 0.05) is 20.1 Å². The maximum atomic E-state index is 12.7. The van der Waals surface area contributed by atoms with Crippen molar-refractivity contribution in [1.29, 1.82) is 0 Å². The third-order valence-corrected chi connectivity index (χ3v) is 4.25. The van der Waals surface area contributed by atoms with Gasteiger partial charge in [-0.25, -0.2) is 0 Å². The summed E-state index contributed by atoms with van der Waals surface area (Å²) >= 11 is 0. The van der Waals surface area contributed by atoms with E-state index in [2.05, 4.69) is 17.2 Å². The summed E-state index contributed by atoms with van der Waals surface area (Å²) in [5, 5.41) is 24.7. The lowest BCUT2D eigenvalue weighted by Gasteiger charge is -2.26. The van der Waals surface area contributed by atoms with Gasteiger partial charge in [-0.15, -0.1) is 6.58 Å². The van der Waals surface area contributed by atoms with Gasteiger partial charge in [-0.1, -0.05) is 36.4 Å². The van der Waals surface area contributed by atoms with Crippen molar-refractivity contribution in [3.05, 3.63) is 48.6 Å². The monoisotopic (exact) mass is 408 g/mol. The zero-order valence-electron chi connectivity index (χ0n) is 16.9. The smallest absolute Gasteiger partial charge is 0.224 e. The van der Waals surface area contributed by atoms with Crippen LogP contribution in [-0.2, 0) is 19.1 Å². The third-order valence-electron chi connectivity index (χ3n) is 4.25. The van der Waals surface area contributed by atoms with E-state index in [0.717, 1.165) is 0 Å². The fourth-order valence-electron chi connectivity index (χ4n) is 2.78. The lowest BCUT2D eigenvalue weighted by atomic mass is 9.97. The number of carbonyl (C=O) groups is 2. The maximum Gasteiger partial charge on any atom is 0.224 e. The summed E-state index contributed by atoms with van der Waals surface area (Å²) in [5.41, 5.74) is 0.663. The van der Waals surface area contributed by atoms with Gasteiger partial charge in [-0.05, 0) is 12.0 Å². The number of benzene rings is 1. The quantitative estimate of drug-likeness (QED) is 0.249. The molecule has 1 aromatic carbocycles. The number of amides is 2. The number of methoxy groups -OCH3 is 1. The Hall–Kier alpha value is -2.26. The second-order valence-electron chi connectivity index (χ2n) is 6.54. The van der Waals surface area contributed by atoms with Crippen molar-refractivity contribution in [2.75, 3.05) is 40.1 Å². The number of aliphatic hydroxyl groups is 2. The summed E-state index contributed by atoms with van der Waals surface area (Å²) in [4.78, 5) is 24.9. The molecule has 4 N–H and O–H groups in total. The van der Waals surface area contributed by atoms with Gasteiger partial charge in [-0.2, -0.15) is 0 Å². The van der Waals surface area contributed by atoms with E-state index < -0.39 is 18.1 Å². The molecule has 0 radical (unpaired) electrons. The van der Waals surface area contributed by atoms with Crippen molar-refractivity contribution in [2.24, 2.45) is 5.92 Å². The molecule has 0 saturated carbocycles. The first-order valence-electron chi connectivity index (χ1n) is 9.62. The molecule has 0 aromatic heterocycles. The topological polar surface area (TPSA) is 117 Å². The summed E-state index contributed by atoms with van der Waals surface area (Å²) in [6.45, 7) is 4.48. The molecule has 1 aromatic rings. The molecule has 29 heavy (non-hydrogen) atoms. The molecule has 0 aliphatic rings. The highest BCUT2D eigenvalue weighted by molar-refractivity contribution is 5.86. The van der Waals surface area contributed by atoms with Crippen LogP contribution in [0.3, 0.4) is 0 Å². The Labute approximate surface area is 171 Å². The van der Waals surface area contributed by atoms with Crippen LogP contribution in [0.1, 0.15) is 24.5 Å². The van der Waals surface area contributed by atoms with Crippen molar-refractivity contribution in [2.45, 2.75) is 25.0 Å². The van der Waals surface area contributed by atoms with Crippen LogP contribution in [0, 0.1) is 5.92 Å². The van der Waals surface area contributed by atoms with Crippen LogP contribution in [0.15, 0.2) is 43.0 Å². The molecule has 0 aliphatic heterocycles. The summed E-state index contributed by atoms with van der Waals surface area (Å²) in [7, 11) is 1.49. The van der Waals surface area contributed by atoms with Crippen molar-refractivity contribution in [3.8, 4) is 0 Å². The highest BCUT2D eigenvalue weighted by Gasteiger charge is 2.27. The van der Waals surface area contributed by atoms with Crippen LogP contribution >= 0.6 is 0 Å². The molecule has 8 heteroatoms. The first kappa shape index (κ1) is 24.8. The average Bonchev–Trinajstić information content (AvgIpc) is 2.73. The van der Waals surface area contributed by atoms with E-state index in [1.165, 1.54) is 7.11 Å². The van der Waals surface area contributed by atoms with E-state index in [0.29, 0.717) is 18.5 Å². The molecule has 1 rings (SSSR count). The molecule has 2 amide bonds. The fraction of sp³-hybridized carbons (Fsp3) is 0.524. The molecule has 162 valence electrons. The Bertz CT molecular complexity index is 610. The number of rotatable bonds is 15. The molecule has 0 bridgehead atoms.